The van der Waals surface area contributed by atoms with E-state index in [0.717, 1.165) is 11.3 Å². The molecule has 4 aromatic rings. The molecule has 4 rings (SSSR count). The Morgan fingerprint density at radius 2 is 1.75 bits per heavy atom. The van der Waals surface area contributed by atoms with Crippen molar-refractivity contribution in [3.05, 3.63) is 68.6 Å². The molecular formula is C21H25N5O2. The van der Waals surface area contributed by atoms with Gasteiger partial charge in [-0.05, 0) is 25.3 Å². The quantitative estimate of drug-likeness (QED) is 0.548. The van der Waals surface area contributed by atoms with Gasteiger partial charge < -0.3 is 4.57 Å². The van der Waals surface area contributed by atoms with E-state index in [1.165, 1.54) is 9.13 Å². The van der Waals surface area contributed by atoms with Crippen LogP contribution < -0.4 is 11.2 Å². The molecule has 3 heterocycles. The second kappa shape index (κ2) is 6.51. The molecule has 0 N–H and O–H groups in total. The van der Waals surface area contributed by atoms with Gasteiger partial charge in [-0.25, -0.2) is 4.79 Å². The normalized spacial score (nSPS) is 13.1. The zero-order chi connectivity index (χ0) is 20.2. The summed E-state index contributed by atoms with van der Waals surface area (Å²) in [4.78, 5) is 30.6. The minimum absolute atomic E-state index is 0.0467. The second-order valence-electron chi connectivity index (χ2n) is 7.83. The Hall–Kier alpha value is -3.09. The van der Waals surface area contributed by atoms with Gasteiger partial charge in [0.1, 0.15) is 0 Å². The predicted octanol–water partition coefficient (Wildman–Crippen LogP) is 2.72. The summed E-state index contributed by atoms with van der Waals surface area (Å²) in [5, 5.41) is 0. The fourth-order valence-corrected chi connectivity index (χ4v) is 3.91. The van der Waals surface area contributed by atoms with Crippen LogP contribution in [0.3, 0.4) is 0 Å². The van der Waals surface area contributed by atoms with Crippen molar-refractivity contribution >= 4 is 16.9 Å². The molecule has 0 spiro atoms. The van der Waals surface area contributed by atoms with Crippen LogP contribution in [-0.2, 0) is 13.6 Å². The van der Waals surface area contributed by atoms with E-state index in [-0.39, 0.29) is 23.2 Å². The first-order valence-electron chi connectivity index (χ1n) is 9.55. The zero-order valence-corrected chi connectivity index (χ0v) is 16.9. The lowest BCUT2D eigenvalue weighted by Crippen LogP contribution is -2.40. The standard InChI is InChI=1S/C21H25N5O2/c1-13(2)11-25-19(27)17-18(23(5)21(25)28)22-20-24(17)12-14(3)26(20)15(4)16-9-7-6-8-10-16/h6-10,12-13,15H,11H2,1-5H3/t15-/m1/s1. The number of benzene rings is 1. The Morgan fingerprint density at radius 3 is 2.39 bits per heavy atom. The molecule has 0 aliphatic heterocycles. The maximum absolute atomic E-state index is 13.2. The van der Waals surface area contributed by atoms with Crippen molar-refractivity contribution in [1.82, 2.24) is 23.1 Å². The summed E-state index contributed by atoms with van der Waals surface area (Å²) < 4.78 is 6.71. The molecule has 28 heavy (non-hydrogen) atoms. The van der Waals surface area contributed by atoms with Crippen molar-refractivity contribution in [2.24, 2.45) is 13.0 Å². The average Bonchev–Trinajstić information content (AvgIpc) is 3.18. The number of nitrogens with zero attached hydrogens (tertiary/aromatic N) is 5. The Balaban J connectivity index is 2.04. The first-order valence-corrected chi connectivity index (χ1v) is 9.55. The Kier molecular flexibility index (Phi) is 4.25. The number of rotatable bonds is 4. The molecule has 1 atom stereocenters. The fraction of sp³-hybridized carbons (Fsp3) is 0.381. The van der Waals surface area contributed by atoms with Crippen LogP contribution in [0.1, 0.15) is 38.1 Å². The number of fused-ring (bicyclic) bond motifs is 3. The van der Waals surface area contributed by atoms with E-state index in [1.54, 1.807) is 7.05 Å². The van der Waals surface area contributed by atoms with Crippen LogP contribution >= 0.6 is 0 Å². The molecule has 1 aromatic carbocycles. The summed E-state index contributed by atoms with van der Waals surface area (Å²) in [6.07, 6.45) is 1.93. The minimum atomic E-state index is -0.327. The fourth-order valence-electron chi connectivity index (χ4n) is 3.91. The molecule has 0 saturated heterocycles. The molecule has 146 valence electrons. The number of hydrogen-bond donors (Lipinski definition) is 0. The predicted molar refractivity (Wildman–Crippen MR) is 110 cm³/mol. The highest BCUT2D eigenvalue weighted by Crippen LogP contribution is 2.25. The lowest BCUT2D eigenvalue weighted by atomic mass is 10.1. The second-order valence-corrected chi connectivity index (χ2v) is 7.83. The molecule has 0 unspecified atom stereocenters. The monoisotopic (exact) mass is 379 g/mol. The van der Waals surface area contributed by atoms with Crippen LogP contribution in [0.15, 0.2) is 46.1 Å². The van der Waals surface area contributed by atoms with E-state index < -0.39 is 0 Å². The smallest absolute Gasteiger partial charge is 0.307 e. The maximum Gasteiger partial charge on any atom is 0.332 e. The van der Waals surface area contributed by atoms with E-state index in [1.807, 2.05) is 49.6 Å². The maximum atomic E-state index is 13.2. The molecule has 0 amide bonds. The largest absolute Gasteiger partial charge is 0.332 e. The van der Waals surface area contributed by atoms with Crippen LogP contribution in [0.5, 0.6) is 0 Å². The van der Waals surface area contributed by atoms with Gasteiger partial charge in [0, 0.05) is 25.5 Å². The topological polar surface area (TPSA) is 66.2 Å². The number of aromatic nitrogens is 5. The number of imidazole rings is 2. The Morgan fingerprint density at radius 1 is 1.07 bits per heavy atom. The third kappa shape index (κ3) is 2.61. The third-order valence-corrected chi connectivity index (χ3v) is 5.29. The highest BCUT2D eigenvalue weighted by molar-refractivity contribution is 5.75. The van der Waals surface area contributed by atoms with E-state index in [0.29, 0.717) is 23.5 Å². The lowest BCUT2D eigenvalue weighted by molar-refractivity contribution is 0.484. The van der Waals surface area contributed by atoms with Crippen molar-refractivity contribution in [1.29, 1.82) is 0 Å². The van der Waals surface area contributed by atoms with E-state index >= 15 is 0 Å². The molecule has 0 fully saturated rings. The SMILES string of the molecule is Cc1cn2c3c(=O)n(CC(C)C)c(=O)n(C)c3nc2n1[C@H](C)c1ccccc1. The molecule has 3 aromatic heterocycles. The van der Waals surface area contributed by atoms with Crippen molar-refractivity contribution in [2.45, 2.75) is 40.3 Å². The van der Waals surface area contributed by atoms with Crippen LogP contribution in [0.25, 0.3) is 16.9 Å². The van der Waals surface area contributed by atoms with Gasteiger partial charge in [0.15, 0.2) is 11.2 Å². The van der Waals surface area contributed by atoms with Crippen LogP contribution in [0, 0.1) is 12.8 Å². The van der Waals surface area contributed by atoms with E-state index in [9.17, 15) is 9.59 Å². The third-order valence-electron chi connectivity index (χ3n) is 5.29. The molecule has 7 nitrogen and oxygen atoms in total. The molecule has 0 aliphatic carbocycles. The summed E-state index contributed by atoms with van der Waals surface area (Å²) in [6.45, 7) is 8.48. The van der Waals surface area contributed by atoms with Gasteiger partial charge in [-0.3, -0.25) is 18.3 Å². The first kappa shape index (κ1) is 18.3. The average molecular weight is 379 g/mol. The van der Waals surface area contributed by atoms with Crippen molar-refractivity contribution in [2.75, 3.05) is 0 Å². The van der Waals surface area contributed by atoms with Crippen molar-refractivity contribution in [3.8, 4) is 0 Å². The van der Waals surface area contributed by atoms with Gasteiger partial charge in [0.2, 0.25) is 5.78 Å². The lowest BCUT2D eigenvalue weighted by Gasteiger charge is -2.16. The summed E-state index contributed by atoms with van der Waals surface area (Å²) in [7, 11) is 1.67. The van der Waals surface area contributed by atoms with Crippen LogP contribution in [-0.4, -0.2) is 23.1 Å². The molecule has 7 heteroatoms. The van der Waals surface area contributed by atoms with Gasteiger partial charge in [-0.2, -0.15) is 4.98 Å². The van der Waals surface area contributed by atoms with E-state index in [2.05, 4.69) is 23.6 Å². The van der Waals surface area contributed by atoms with Crippen LogP contribution in [0.2, 0.25) is 0 Å². The number of hydrogen-bond acceptors (Lipinski definition) is 3. The van der Waals surface area contributed by atoms with Gasteiger partial charge in [-0.1, -0.05) is 44.2 Å². The minimum Gasteiger partial charge on any atom is -0.307 e. The summed E-state index contributed by atoms with van der Waals surface area (Å²) in [5.74, 6) is 0.856. The van der Waals surface area contributed by atoms with Gasteiger partial charge in [0.05, 0.1) is 6.04 Å². The molecule has 0 radical (unpaired) electrons. The molecular weight excluding hydrogens is 354 g/mol. The van der Waals surface area contributed by atoms with E-state index in [4.69, 9.17) is 4.98 Å². The van der Waals surface area contributed by atoms with Crippen LogP contribution in [0.4, 0.5) is 0 Å². The van der Waals surface area contributed by atoms with Gasteiger partial charge >= 0.3 is 5.69 Å². The summed E-state index contributed by atoms with van der Waals surface area (Å²) in [5.41, 5.74) is 2.40. The van der Waals surface area contributed by atoms with Crippen molar-refractivity contribution < 1.29 is 0 Å². The Bertz CT molecular complexity index is 1290. The number of aryl methyl sites for hydroxylation is 2. The molecule has 0 aliphatic rings. The highest BCUT2D eigenvalue weighted by atomic mass is 16.2. The summed E-state index contributed by atoms with van der Waals surface area (Å²) in [6, 6.07) is 10.2. The Labute approximate surface area is 162 Å². The zero-order valence-electron chi connectivity index (χ0n) is 16.9. The van der Waals surface area contributed by atoms with Gasteiger partial charge in [0.25, 0.3) is 5.56 Å². The summed E-state index contributed by atoms with van der Waals surface area (Å²) >= 11 is 0. The first-order chi connectivity index (χ1) is 13.3. The highest BCUT2D eigenvalue weighted by Gasteiger charge is 2.22. The molecule has 0 bridgehead atoms. The van der Waals surface area contributed by atoms with Crippen molar-refractivity contribution in [3.63, 3.8) is 0 Å². The molecule has 0 saturated carbocycles. The van der Waals surface area contributed by atoms with Gasteiger partial charge in [-0.15, -0.1) is 0 Å².